The summed E-state index contributed by atoms with van der Waals surface area (Å²) >= 11 is 0. The molecule has 5 heterocycles. The van der Waals surface area contributed by atoms with Crippen LogP contribution in [0.4, 0.5) is 0 Å². The number of benzene rings is 2. The molecule has 0 saturated carbocycles. The number of allylic oxidation sites excluding steroid dienone is 4. The van der Waals surface area contributed by atoms with Crippen molar-refractivity contribution in [2.75, 3.05) is 0 Å². The van der Waals surface area contributed by atoms with Crippen molar-refractivity contribution in [1.82, 2.24) is 19.9 Å². The molecule has 0 spiro atoms. The van der Waals surface area contributed by atoms with Crippen molar-refractivity contribution in [1.29, 1.82) is 5.26 Å². The normalized spacial score (nSPS) is 13.3. The number of nitrogens with one attached hydrogen (secondary N) is 2. The van der Waals surface area contributed by atoms with Gasteiger partial charge in [-0.1, -0.05) is 36.4 Å². The van der Waals surface area contributed by atoms with Crippen LogP contribution in [0.2, 0.25) is 0 Å². The summed E-state index contributed by atoms with van der Waals surface area (Å²) in [5, 5.41) is 12.5. The molecule has 0 radical (unpaired) electrons. The highest BCUT2D eigenvalue weighted by Crippen LogP contribution is 2.41. The molecular formula is C38H33N5. The van der Waals surface area contributed by atoms with Crippen LogP contribution in [0.25, 0.3) is 66.3 Å². The minimum Gasteiger partial charge on any atom is -0.355 e. The molecule has 2 aliphatic rings. The second-order valence-electron chi connectivity index (χ2n) is 11.8. The number of H-pyrrole nitrogens is 2. The third-order valence-corrected chi connectivity index (χ3v) is 9.43. The quantitative estimate of drug-likeness (QED) is 0.214. The lowest BCUT2D eigenvalue weighted by Crippen LogP contribution is -1.93. The molecule has 43 heavy (non-hydrogen) atoms. The van der Waals surface area contributed by atoms with Crippen LogP contribution in [-0.2, 0) is 0 Å². The number of hydrogen-bond donors (Lipinski definition) is 2. The van der Waals surface area contributed by atoms with Crippen LogP contribution in [0.15, 0.2) is 60.7 Å². The van der Waals surface area contributed by atoms with Crippen molar-refractivity contribution < 1.29 is 0 Å². The highest BCUT2D eigenvalue weighted by molar-refractivity contribution is 6.04. The Labute approximate surface area is 251 Å². The number of aromatic amines is 2. The van der Waals surface area contributed by atoms with Gasteiger partial charge in [-0.2, -0.15) is 5.26 Å². The van der Waals surface area contributed by atoms with Gasteiger partial charge in [-0.3, -0.25) is 0 Å². The first kappa shape index (κ1) is 26.7. The fraction of sp³-hybridized carbons (Fsp3) is 0.184. The van der Waals surface area contributed by atoms with Gasteiger partial charge in [0.15, 0.2) is 0 Å². The van der Waals surface area contributed by atoms with Gasteiger partial charge in [0.25, 0.3) is 0 Å². The summed E-state index contributed by atoms with van der Waals surface area (Å²) in [6, 6.07) is 23.4. The summed E-state index contributed by atoms with van der Waals surface area (Å²) < 4.78 is 0. The number of aryl methyl sites for hydroxylation is 3. The molecular weight excluding hydrogens is 526 g/mol. The number of nitrogens with zero attached hydrogens (tertiary/aromatic N) is 3. The lowest BCUT2D eigenvalue weighted by molar-refractivity contribution is 1.25. The monoisotopic (exact) mass is 559 g/mol. The second kappa shape index (κ2) is 9.68. The zero-order valence-electron chi connectivity index (χ0n) is 25.6. The van der Waals surface area contributed by atoms with Crippen LogP contribution in [-0.4, -0.2) is 19.9 Å². The minimum absolute atomic E-state index is 0.650. The van der Waals surface area contributed by atoms with Gasteiger partial charge in [-0.15, -0.1) is 0 Å². The Morgan fingerprint density at radius 1 is 0.651 bits per heavy atom. The Bertz CT molecular complexity index is 2310. The molecule has 3 aromatic heterocycles. The Morgan fingerprint density at radius 3 is 2.05 bits per heavy atom. The van der Waals surface area contributed by atoms with E-state index in [4.69, 9.17) is 9.97 Å². The van der Waals surface area contributed by atoms with Crippen LogP contribution in [0, 0.1) is 32.1 Å². The van der Waals surface area contributed by atoms with Gasteiger partial charge >= 0.3 is 0 Å². The topological polar surface area (TPSA) is 81.1 Å². The smallest absolute Gasteiger partial charge is 0.100 e. The van der Waals surface area contributed by atoms with Gasteiger partial charge in [0.2, 0.25) is 0 Å². The zero-order chi connectivity index (χ0) is 30.2. The zero-order valence-corrected chi connectivity index (χ0v) is 25.6. The van der Waals surface area contributed by atoms with Crippen LogP contribution in [0.1, 0.15) is 72.7 Å². The molecule has 2 N–H and O–H groups in total. The molecule has 210 valence electrons. The first-order valence-corrected chi connectivity index (χ1v) is 14.7. The molecule has 0 aliphatic carbocycles. The van der Waals surface area contributed by atoms with Gasteiger partial charge < -0.3 is 9.97 Å². The van der Waals surface area contributed by atoms with Gasteiger partial charge in [0.1, 0.15) is 6.07 Å². The highest BCUT2D eigenvalue weighted by Gasteiger charge is 2.23. The van der Waals surface area contributed by atoms with Crippen LogP contribution >= 0.6 is 0 Å². The summed E-state index contributed by atoms with van der Waals surface area (Å²) in [4.78, 5) is 17.7. The molecule has 0 atom stereocenters. The van der Waals surface area contributed by atoms with E-state index >= 15 is 0 Å². The minimum atomic E-state index is 0.650. The number of fused-ring (bicyclic) bond motifs is 9. The van der Waals surface area contributed by atoms with Gasteiger partial charge in [0, 0.05) is 33.1 Å². The standard InChI is InChI=1S/C38H33N5/c1-19-14-27-15-31-20(2)21(3)32(41-31)16-33-22(4)23(5)34(42-33)17-35-24(6)25(7)38(43-35)36(37(19)40-27)29-13-12-26-10-8-9-11-28(26)30(29)18-39/h8-17,40-41H,1-7H3. The molecule has 0 unspecified atom stereocenters. The van der Waals surface area contributed by atoms with E-state index in [0.29, 0.717) is 5.56 Å². The molecule has 0 saturated heterocycles. The molecule has 5 aromatic rings. The summed E-state index contributed by atoms with van der Waals surface area (Å²) in [5.41, 5.74) is 18.2. The second-order valence-corrected chi connectivity index (χ2v) is 11.8. The summed E-state index contributed by atoms with van der Waals surface area (Å²) in [7, 11) is 0. The number of rotatable bonds is 1. The van der Waals surface area contributed by atoms with Crippen LogP contribution in [0.5, 0.6) is 0 Å². The molecule has 0 amide bonds. The fourth-order valence-corrected chi connectivity index (χ4v) is 6.35. The molecule has 5 nitrogen and oxygen atoms in total. The van der Waals surface area contributed by atoms with E-state index in [0.717, 1.165) is 89.0 Å². The number of nitriles is 1. The van der Waals surface area contributed by atoms with Crippen LogP contribution in [0.3, 0.4) is 0 Å². The molecule has 0 fully saturated rings. The van der Waals surface area contributed by atoms with Crippen molar-refractivity contribution in [3.05, 3.63) is 106 Å². The van der Waals surface area contributed by atoms with Crippen molar-refractivity contribution in [3.8, 4) is 17.2 Å². The SMILES string of the molecule is CC1=C(C)c2cc3[nH]c(cc4cc(C)c([nH]4)c(-c4ccc5ccccc5c4C#N)c4nc(cc1n2)C(C)=C4C)c(C)c3C. The molecule has 7 rings (SSSR count). The van der Waals surface area contributed by atoms with Gasteiger partial charge in [-0.25, -0.2) is 9.97 Å². The summed E-state index contributed by atoms with van der Waals surface area (Å²) in [6.07, 6.45) is 0. The lowest BCUT2D eigenvalue weighted by Gasteiger charge is -2.11. The molecule has 2 aromatic carbocycles. The van der Waals surface area contributed by atoms with E-state index < -0.39 is 0 Å². The number of hydrogen-bond acceptors (Lipinski definition) is 3. The van der Waals surface area contributed by atoms with E-state index in [9.17, 15) is 5.26 Å². The Hall–Kier alpha value is -5.21. The number of aromatic nitrogens is 4. The fourth-order valence-electron chi connectivity index (χ4n) is 6.35. The predicted octanol–water partition coefficient (Wildman–Crippen LogP) is 9.83. The van der Waals surface area contributed by atoms with E-state index in [1.54, 1.807) is 0 Å². The first-order chi connectivity index (χ1) is 20.7. The van der Waals surface area contributed by atoms with Crippen molar-refractivity contribution in [2.24, 2.45) is 0 Å². The Kier molecular flexibility index (Phi) is 6.00. The summed E-state index contributed by atoms with van der Waals surface area (Å²) in [5.74, 6) is 0. The van der Waals surface area contributed by atoms with Crippen molar-refractivity contribution in [3.63, 3.8) is 0 Å². The van der Waals surface area contributed by atoms with Crippen molar-refractivity contribution >= 4 is 55.1 Å². The molecule has 2 aliphatic heterocycles. The third-order valence-electron chi connectivity index (χ3n) is 9.43. The Balaban J connectivity index is 1.71. The Morgan fingerprint density at radius 2 is 1.30 bits per heavy atom. The highest BCUT2D eigenvalue weighted by atomic mass is 14.8. The molecule has 8 bridgehead atoms. The summed E-state index contributed by atoms with van der Waals surface area (Å²) in [6.45, 7) is 15.0. The lowest BCUT2D eigenvalue weighted by atomic mass is 9.91. The average Bonchev–Trinajstić information content (AvgIpc) is 3.67. The maximum absolute atomic E-state index is 10.5. The van der Waals surface area contributed by atoms with Crippen molar-refractivity contribution in [2.45, 2.75) is 48.5 Å². The van der Waals surface area contributed by atoms with E-state index in [1.807, 2.05) is 18.2 Å². The first-order valence-electron chi connectivity index (χ1n) is 14.7. The predicted molar refractivity (Wildman–Crippen MR) is 179 cm³/mol. The van der Waals surface area contributed by atoms with Crippen LogP contribution < -0.4 is 0 Å². The average molecular weight is 560 g/mol. The van der Waals surface area contributed by atoms with E-state index in [1.165, 1.54) is 16.7 Å². The third kappa shape index (κ3) is 4.06. The molecule has 5 heteroatoms. The van der Waals surface area contributed by atoms with E-state index in [-0.39, 0.29) is 0 Å². The largest absolute Gasteiger partial charge is 0.355 e. The maximum Gasteiger partial charge on any atom is 0.100 e. The van der Waals surface area contributed by atoms with Gasteiger partial charge in [-0.05, 0) is 117 Å². The maximum atomic E-state index is 10.5. The van der Waals surface area contributed by atoms with E-state index in [2.05, 4.69) is 107 Å². The van der Waals surface area contributed by atoms with Gasteiger partial charge in [0.05, 0.1) is 33.9 Å².